The molecule has 0 spiro atoms. The average molecular weight is 385 g/mol. The fourth-order valence-corrected chi connectivity index (χ4v) is 3.57. The number of nitrogens with zero attached hydrogens (tertiary/aromatic N) is 2. The lowest BCUT2D eigenvalue weighted by Crippen LogP contribution is -2.31. The van der Waals surface area contributed by atoms with E-state index in [4.69, 9.17) is 9.72 Å². The molecule has 1 aromatic heterocycles. The lowest BCUT2D eigenvalue weighted by Gasteiger charge is -2.20. The van der Waals surface area contributed by atoms with Gasteiger partial charge in [0.1, 0.15) is 11.6 Å². The van der Waals surface area contributed by atoms with Gasteiger partial charge < -0.3 is 14.6 Å². The predicted molar refractivity (Wildman–Crippen MR) is 114 cm³/mol. The third-order valence-electron chi connectivity index (χ3n) is 5.13. The van der Waals surface area contributed by atoms with E-state index in [-0.39, 0.29) is 11.9 Å². The summed E-state index contributed by atoms with van der Waals surface area (Å²) in [6, 6.07) is 25.0. The third kappa shape index (κ3) is 3.85. The highest BCUT2D eigenvalue weighted by atomic mass is 16.5. The van der Waals surface area contributed by atoms with Crippen molar-refractivity contribution in [3.05, 3.63) is 95.8 Å². The summed E-state index contributed by atoms with van der Waals surface area (Å²) in [5.41, 5.74) is 3.57. The second-order valence-electron chi connectivity index (χ2n) is 6.92. The van der Waals surface area contributed by atoms with Gasteiger partial charge in [-0.2, -0.15) is 0 Å². The Morgan fingerprint density at radius 2 is 1.69 bits per heavy atom. The van der Waals surface area contributed by atoms with E-state index in [9.17, 15) is 4.79 Å². The Morgan fingerprint density at radius 3 is 2.45 bits per heavy atom. The lowest BCUT2D eigenvalue weighted by atomic mass is 10.0. The van der Waals surface area contributed by atoms with Crippen LogP contribution in [-0.2, 0) is 13.5 Å². The minimum Gasteiger partial charge on any atom is -0.496 e. The number of aromatic nitrogens is 2. The molecule has 0 fully saturated rings. The van der Waals surface area contributed by atoms with E-state index >= 15 is 0 Å². The molecule has 0 saturated heterocycles. The molecule has 0 unspecified atom stereocenters. The number of hydrogen-bond acceptors (Lipinski definition) is 3. The number of rotatable bonds is 6. The summed E-state index contributed by atoms with van der Waals surface area (Å²) in [6.45, 7) is 0. The normalized spacial score (nSPS) is 11.9. The highest BCUT2D eigenvalue weighted by Crippen LogP contribution is 2.23. The van der Waals surface area contributed by atoms with E-state index < -0.39 is 0 Å². The second kappa shape index (κ2) is 8.19. The minimum atomic E-state index is -0.218. The summed E-state index contributed by atoms with van der Waals surface area (Å²) in [4.78, 5) is 17.8. The van der Waals surface area contributed by atoms with Crippen LogP contribution < -0.4 is 10.1 Å². The van der Waals surface area contributed by atoms with Crippen molar-refractivity contribution in [3.8, 4) is 5.75 Å². The zero-order valence-electron chi connectivity index (χ0n) is 16.5. The summed E-state index contributed by atoms with van der Waals surface area (Å²) >= 11 is 0. The van der Waals surface area contributed by atoms with E-state index in [1.54, 1.807) is 19.2 Å². The van der Waals surface area contributed by atoms with Gasteiger partial charge in [0.2, 0.25) is 0 Å². The summed E-state index contributed by atoms with van der Waals surface area (Å²) in [5, 5.41) is 3.17. The number of para-hydroxylation sites is 3. The quantitative estimate of drug-likeness (QED) is 0.538. The number of benzene rings is 3. The number of methoxy groups -OCH3 is 1. The molecule has 4 rings (SSSR count). The zero-order valence-corrected chi connectivity index (χ0v) is 16.5. The summed E-state index contributed by atoms with van der Waals surface area (Å²) < 4.78 is 7.44. The lowest BCUT2D eigenvalue weighted by molar-refractivity contribution is 0.0933. The Balaban J connectivity index is 1.67. The molecule has 0 bridgehead atoms. The second-order valence-corrected chi connectivity index (χ2v) is 6.92. The van der Waals surface area contributed by atoms with Crippen molar-refractivity contribution in [2.45, 2.75) is 12.5 Å². The highest BCUT2D eigenvalue weighted by molar-refractivity contribution is 5.97. The number of imidazole rings is 1. The van der Waals surface area contributed by atoms with Crippen LogP contribution >= 0.6 is 0 Å². The van der Waals surface area contributed by atoms with Crippen LogP contribution in [0.25, 0.3) is 11.0 Å². The van der Waals surface area contributed by atoms with Crippen LogP contribution in [0.5, 0.6) is 5.75 Å². The van der Waals surface area contributed by atoms with Gasteiger partial charge in [-0.25, -0.2) is 4.98 Å². The molecule has 1 heterocycles. The molecule has 3 aromatic carbocycles. The summed E-state index contributed by atoms with van der Waals surface area (Å²) in [7, 11) is 3.58. The topological polar surface area (TPSA) is 56.1 Å². The van der Waals surface area contributed by atoms with E-state index in [0.29, 0.717) is 17.7 Å². The molecule has 29 heavy (non-hydrogen) atoms. The molecular weight excluding hydrogens is 362 g/mol. The van der Waals surface area contributed by atoms with Crippen LogP contribution in [0.4, 0.5) is 0 Å². The molecule has 0 radical (unpaired) electrons. The number of carbonyl (C=O) groups is 1. The van der Waals surface area contributed by atoms with E-state index in [1.165, 1.54) is 0 Å². The average Bonchev–Trinajstić information content (AvgIpc) is 3.09. The van der Waals surface area contributed by atoms with Crippen molar-refractivity contribution >= 4 is 16.9 Å². The predicted octanol–water partition coefficient (Wildman–Crippen LogP) is 4.30. The Morgan fingerprint density at radius 1 is 1.00 bits per heavy atom. The number of hydrogen-bond donors (Lipinski definition) is 1. The van der Waals surface area contributed by atoms with Gasteiger partial charge in [0.15, 0.2) is 0 Å². The van der Waals surface area contributed by atoms with Crippen LogP contribution in [0.2, 0.25) is 0 Å². The number of nitrogens with one attached hydrogen (secondary N) is 1. The molecule has 146 valence electrons. The first-order valence-electron chi connectivity index (χ1n) is 9.56. The van der Waals surface area contributed by atoms with Gasteiger partial charge in [-0.1, -0.05) is 54.6 Å². The van der Waals surface area contributed by atoms with Crippen molar-refractivity contribution in [2.24, 2.45) is 7.05 Å². The zero-order chi connectivity index (χ0) is 20.2. The Hall–Kier alpha value is -3.60. The van der Waals surface area contributed by atoms with Crippen LogP contribution in [-0.4, -0.2) is 22.6 Å². The Labute approximate surface area is 170 Å². The van der Waals surface area contributed by atoms with Gasteiger partial charge in [-0.05, 0) is 29.8 Å². The van der Waals surface area contributed by atoms with E-state index in [0.717, 1.165) is 22.4 Å². The smallest absolute Gasteiger partial charge is 0.255 e. The fourth-order valence-electron chi connectivity index (χ4n) is 3.57. The number of amides is 1. The maximum atomic E-state index is 13.0. The molecule has 5 nitrogen and oxygen atoms in total. The number of fused-ring (bicyclic) bond motifs is 1. The molecule has 5 heteroatoms. The standard InChI is InChI=1S/C24H23N3O2/c1-27-21-14-8-7-13-19(21)25-23(27)16-20(17-10-4-3-5-11-17)26-24(28)18-12-6-9-15-22(18)29-2/h3-15,20H,16H2,1-2H3,(H,26,28)/t20-/m1/s1. The third-order valence-corrected chi connectivity index (χ3v) is 5.13. The van der Waals surface area contributed by atoms with Gasteiger partial charge in [0, 0.05) is 13.5 Å². The van der Waals surface area contributed by atoms with Gasteiger partial charge in [-0.3, -0.25) is 4.79 Å². The Bertz CT molecular complexity index is 1140. The van der Waals surface area contributed by atoms with Gasteiger partial charge >= 0.3 is 0 Å². The van der Waals surface area contributed by atoms with Gasteiger partial charge in [0.05, 0.1) is 29.7 Å². The maximum absolute atomic E-state index is 13.0. The fraction of sp³-hybridized carbons (Fsp3) is 0.167. The largest absolute Gasteiger partial charge is 0.496 e. The molecule has 0 aliphatic heterocycles. The summed E-state index contributed by atoms with van der Waals surface area (Å²) in [6.07, 6.45) is 0.579. The molecule has 0 aliphatic carbocycles. The van der Waals surface area contributed by atoms with Crippen molar-refractivity contribution in [1.82, 2.24) is 14.9 Å². The van der Waals surface area contributed by atoms with Crippen LogP contribution in [0.3, 0.4) is 0 Å². The molecule has 1 amide bonds. The molecule has 0 saturated carbocycles. The molecule has 0 aliphatic rings. The van der Waals surface area contributed by atoms with Crippen molar-refractivity contribution in [3.63, 3.8) is 0 Å². The first-order chi connectivity index (χ1) is 14.2. The SMILES string of the molecule is COc1ccccc1C(=O)N[C@H](Cc1nc2ccccc2n1C)c1ccccc1. The number of aryl methyl sites for hydroxylation is 1. The monoisotopic (exact) mass is 385 g/mol. The highest BCUT2D eigenvalue weighted by Gasteiger charge is 2.21. The van der Waals surface area contributed by atoms with E-state index in [2.05, 4.69) is 16.0 Å². The van der Waals surface area contributed by atoms with Gasteiger partial charge in [0.25, 0.3) is 5.91 Å². The van der Waals surface area contributed by atoms with Crippen molar-refractivity contribution in [1.29, 1.82) is 0 Å². The first-order valence-corrected chi connectivity index (χ1v) is 9.56. The van der Waals surface area contributed by atoms with Gasteiger partial charge in [-0.15, -0.1) is 0 Å². The van der Waals surface area contributed by atoms with Crippen LogP contribution in [0, 0.1) is 0 Å². The molecule has 1 atom stereocenters. The molecule has 4 aromatic rings. The Kier molecular flexibility index (Phi) is 5.29. The van der Waals surface area contributed by atoms with Crippen molar-refractivity contribution < 1.29 is 9.53 Å². The van der Waals surface area contributed by atoms with Crippen LogP contribution in [0.15, 0.2) is 78.9 Å². The molecule has 1 N–H and O–H groups in total. The first kappa shape index (κ1) is 18.7. The van der Waals surface area contributed by atoms with Crippen LogP contribution in [0.1, 0.15) is 27.8 Å². The number of carbonyl (C=O) groups excluding carboxylic acids is 1. The minimum absolute atomic E-state index is 0.171. The molecular formula is C24H23N3O2. The van der Waals surface area contributed by atoms with Crippen molar-refractivity contribution in [2.75, 3.05) is 7.11 Å². The summed E-state index contributed by atoms with van der Waals surface area (Å²) in [5.74, 6) is 1.30. The number of ether oxygens (including phenoxy) is 1. The maximum Gasteiger partial charge on any atom is 0.255 e. The van der Waals surface area contributed by atoms with E-state index in [1.807, 2.05) is 67.7 Å².